The molecule has 0 bridgehead atoms. The zero-order chi connectivity index (χ0) is 11.4. The summed E-state index contributed by atoms with van der Waals surface area (Å²) in [7, 11) is 0. The van der Waals surface area contributed by atoms with Crippen LogP contribution in [0.5, 0.6) is 0 Å². The summed E-state index contributed by atoms with van der Waals surface area (Å²) in [5, 5.41) is 6.34. The molecule has 1 aliphatic heterocycles. The maximum atomic E-state index is 11.5. The number of nitrogens with zero attached hydrogens (tertiary/aromatic N) is 1. The van der Waals surface area contributed by atoms with Gasteiger partial charge in [0.2, 0.25) is 5.91 Å². The van der Waals surface area contributed by atoms with Gasteiger partial charge in [0.1, 0.15) is 0 Å². The largest absolute Gasteiger partial charge is 0.353 e. The molecule has 1 atom stereocenters. The molecular formula is C11H22N4O. The van der Waals surface area contributed by atoms with Crippen LogP contribution in [-0.4, -0.2) is 55.6 Å². The van der Waals surface area contributed by atoms with Crippen LogP contribution in [0.2, 0.25) is 0 Å². The van der Waals surface area contributed by atoms with E-state index in [9.17, 15) is 4.79 Å². The van der Waals surface area contributed by atoms with E-state index in [1.807, 2.05) is 0 Å². The van der Waals surface area contributed by atoms with Gasteiger partial charge >= 0.3 is 0 Å². The fourth-order valence-electron chi connectivity index (χ4n) is 2.10. The first-order valence-corrected chi connectivity index (χ1v) is 6.24. The zero-order valence-corrected chi connectivity index (χ0v) is 9.74. The van der Waals surface area contributed by atoms with Gasteiger partial charge in [0.05, 0.1) is 0 Å². The highest BCUT2D eigenvalue weighted by molar-refractivity contribution is 5.76. The molecular weight excluding hydrogens is 204 g/mol. The normalized spacial score (nSPS) is 26.7. The molecule has 1 heterocycles. The van der Waals surface area contributed by atoms with Crippen molar-refractivity contribution in [2.45, 2.75) is 31.3 Å². The van der Waals surface area contributed by atoms with Crippen molar-refractivity contribution in [3.8, 4) is 0 Å². The van der Waals surface area contributed by atoms with Crippen molar-refractivity contribution < 1.29 is 4.79 Å². The third kappa shape index (κ3) is 3.43. The predicted molar refractivity (Wildman–Crippen MR) is 63.1 cm³/mol. The van der Waals surface area contributed by atoms with Crippen molar-refractivity contribution in [2.75, 3.05) is 32.7 Å². The molecule has 4 N–H and O–H groups in total. The van der Waals surface area contributed by atoms with Gasteiger partial charge in [0.25, 0.3) is 0 Å². The van der Waals surface area contributed by atoms with Crippen LogP contribution in [0.25, 0.3) is 0 Å². The van der Waals surface area contributed by atoms with Crippen LogP contribution < -0.4 is 16.4 Å². The van der Waals surface area contributed by atoms with E-state index in [1.54, 1.807) is 0 Å². The van der Waals surface area contributed by atoms with Gasteiger partial charge in [-0.15, -0.1) is 0 Å². The predicted octanol–water partition coefficient (Wildman–Crippen LogP) is -1.11. The van der Waals surface area contributed by atoms with E-state index in [0.717, 1.165) is 39.0 Å². The highest BCUT2D eigenvalue weighted by atomic mass is 16.1. The molecule has 1 amide bonds. The molecule has 2 aliphatic rings. The summed E-state index contributed by atoms with van der Waals surface area (Å²) in [5.41, 5.74) is 5.71. The van der Waals surface area contributed by atoms with Crippen molar-refractivity contribution in [1.29, 1.82) is 0 Å². The number of carbonyl (C=O) groups is 1. The quantitative estimate of drug-likeness (QED) is 0.556. The van der Waals surface area contributed by atoms with Crippen molar-refractivity contribution in [2.24, 2.45) is 5.73 Å². The van der Waals surface area contributed by atoms with Gasteiger partial charge in [-0.1, -0.05) is 0 Å². The Morgan fingerprint density at radius 1 is 1.50 bits per heavy atom. The second-order valence-corrected chi connectivity index (χ2v) is 4.72. The smallest absolute Gasteiger partial charge is 0.221 e. The van der Waals surface area contributed by atoms with Crippen molar-refractivity contribution in [1.82, 2.24) is 15.5 Å². The van der Waals surface area contributed by atoms with Gasteiger partial charge in [-0.3, -0.25) is 9.69 Å². The van der Waals surface area contributed by atoms with E-state index in [1.165, 1.54) is 0 Å². The molecule has 16 heavy (non-hydrogen) atoms. The fraction of sp³-hybridized carbons (Fsp3) is 0.909. The minimum atomic E-state index is 0.191. The van der Waals surface area contributed by atoms with Crippen molar-refractivity contribution in [3.05, 3.63) is 0 Å². The Morgan fingerprint density at radius 3 is 3.00 bits per heavy atom. The molecule has 1 saturated heterocycles. The Bertz CT molecular complexity index is 242. The minimum absolute atomic E-state index is 0.191. The van der Waals surface area contributed by atoms with E-state index in [4.69, 9.17) is 5.73 Å². The first-order chi connectivity index (χ1) is 7.79. The second-order valence-electron chi connectivity index (χ2n) is 4.72. The average molecular weight is 226 g/mol. The summed E-state index contributed by atoms with van der Waals surface area (Å²) in [5.74, 6) is 0.191. The molecule has 1 unspecified atom stereocenters. The van der Waals surface area contributed by atoms with Gasteiger partial charge in [0.15, 0.2) is 0 Å². The SMILES string of the molecule is NCC1CNCCN1CCC(=O)NC1CC1. The van der Waals surface area contributed by atoms with E-state index in [2.05, 4.69) is 15.5 Å². The number of piperazine rings is 1. The Kier molecular flexibility index (Phi) is 4.15. The van der Waals surface area contributed by atoms with Gasteiger partial charge in [-0.05, 0) is 12.8 Å². The van der Waals surface area contributed by atoms with Crippen LogP contribution in [-0.2, 0) is 4.79 Å². The highest BCUT2D eigenvalue weighted by Crippen LogP contribution is 2.18. The Morgan fingerprint density at radius 2 is 2.31 bits per heavy atom. The van der Waals surface area contributed by atoms with Gasteiger partial charge in [-0.2, -0.15) is 0 Å². The van der Waals surface area contributed by atoms with E-state index < -0.39 is 0 Å². The van der Waals surface area contributed by atoms with Crippen molar-refractivity contribution >= 4 is 5.91 Å². The lowest BCUT2D eigenvalue weighted by Crippen LogP contribution is -2.54. The third-order valence-corrected chi connectivity index (χ3v) is 3.31. The number of amides is 1. The Labute approximate surface area is 96.7 Å². The van der Waals surface area contributed by atoms with Gasteiger partial charge < -0.3 is 16.4 Å². The topological polar surface area (TPSA) is 70.4 Å². The van der Waals surface area contributed by atoms with Crippen LogP contribution in [0.15, 0.2) is 0 Å². The lowest BCUT2D eigenvalue weighted by atomic mass is 10.2. The molecule has 5 heteroatoms. The summed E-state index contributed by atoms with van der Waals surface area (Å²) in [4.78, 5) is 13.9. The number of carbonyl (C=O) groups excluding carboxylic acids is 1. The van der Waals surface area contributed by atoms with E-state index in [0.29, 0.717) is 25.0 Å². The van der Waals surface area contributed by atoms with Crippen LogP contribution in [0.3, 0.4) is 0 Å². The first kappa shape index (κ1) is 11.8. The summed E-state index contributed by atoms with van der Waals surface area (Å²) in [6.07, 6.45) is 2.92. The molecule has 2 fully saturated rings. The molecule has 1 saturated carbocycles. The van der Waals surface area contributed by atoms with Crippen LogP contribution >= 0.6 is 0 Å². The minimum Gasteiger partial charge on any atom is -0.353 e. The molecule has 0 aromatic rings. The van der Waals surface area contributed by atoms with Crippen LogP contribution in [0, 0.1) is 0 Å². The Balaban J connectivity index is 1.68. The summed E-state index contributed by atoms with van der Waals surface area (Å²) < 4.78 is 0. The third-order valence-electron chi connectivity index (χ3n) is 3.31. The lowest BCUT2D eigenvalue weighted by molar-refractivity contribution is -0.121. The maximum Gasteiger partial charge on any atom is 0.221 e. The van der Waals surface area contributed by atoms with E-state index in [-0.39, 0.29) is 5.91 Å². The summed E-state index contributed by atoms with van der Waals surface area (Å²) in [6.45, 7) is 4.44. The van der Waals surface area contributed by atoms with Crippen LogP contribution in [0.1, 0.15) is 19.3 Å². The van der Waals surface area contributed by atoms with Gasteiger partial charge in [-0.25, -0.2) is 0 Å². The molecule has 1 aliphatic carbocycles. The molecule has 5 nitrogen and oxygen atoms in total. The van der Waals surface area contributed by atoms with Crippen molar-refractivity contribution in [3.63, 3.8) is 0 Å². The molecule has 92 valence electrons. The second kappa shape index (κ2) is 5.61. The van der Waals surface area contributed by atoms with E-state index >= 15 is 0 Å². The van der Waals surface area contributed by atoms with Gasteiger partial charge in [0, 0.05) is 51.2 Å². The highest BCUT2D eigenvalue weighted by Gasteiger charge is 2.24. The molecule has 0 aromatic heterocycles. The Hall–Kier alpha value is -0.650. The number of nitrogens with one attached hydrogen (secondary N) is 2. The fourth-order valence-corrected chi connectivity index (χ4v) is 2.10. The summed E-state index contributed by atoms with van der Waals surface area (Å²) >= 11 is 0. The molecule has 0 radical (unpaired) electrons. The standard InChI is InChI=1S/C11H22N4O/c12-7-10-8-13-4-6-15(10)5-3-11(16)14-9-1-2-9/h9-10,13H,1-8,12H2,(H,14,16). The molecule has 0 aromatic carbocycles. The summed E-state index contributed by atoms with van der Waals surface area (Å²) in [6, 6.07) is 0.864. The number of nitrogens with two attached hydrogens (primary N) is 1. The molecule has 0 spiro atoms. The average Bonchev–Trinajstić information content (AvgIpc) is 3.10. The number of rotatable bonds is 5. The lowest BCUT2D eigenvalue weighted by Gasteiger charge is -2.35. The maximum absolute atomic E-state index is 11.5. The number of hydrogen-bond donors (Lipinski definition) is 3. The van der Waals surface area contributed by atoms with Crippen LogP contribution in [0.4, 0.5) is 0 Å². The number of hydrogen-bond acceptors (Lipinski definition) is 4. The first-order valence-electron chi connectivity index (χ1n) is 6.24. The monoisotopic (exact) mass is 226 g/mol. The zero-order valence-electron chi connectivity index (χ0n) is 9.74. The molecule has 2 rings (SSSR count).